The summed E-state index contributed by atoms with van der Waals surface area (Å²) >= 11 is 0. The number of hydroxylamine groups is 2. The molecule has 0 aromatic rings. The Bertz CT molecular complexity index is 275. The maximum Gasteiger partial charge on any atom is 1.00 e. The molecule has 0 aromatic carbocycles. The van der Waals surface area contributed by atoms with Crippen LogP contribution in [0.15, 0.2) is 0 Å². The largest absolute Gasteiger partial charge is 1.00 e. The van der Waals surface area contributed by atoms with Crippen LogP contribution in [0.3, 0.4) is 0 Å². The first kappa shape index (κ1) is 21.5. The summed E-state index contributed by atoms with van der Waals surface area (Å²) < 4.78 is 10.3. The molecular formula is C5H12NNa2O6P. The van der Waals surface area contributed by atoms with Gasteiger partial charge in [-0.3, -0.25) is 19.4 Å². The first-order chi connectivity index (χ1) is 5.75. The quantitative estimate of drug-likeness (QED) is 0.200. The van der Waals surface area contributed by atoms with Crippen molar-refractivity contribution in [1.82, 2.24) is 5.06 Å². The van der Waals surface area contributed by atoms with Gasteiger partial charge in [0.25, 0.3) is 0 Å². The van der Waals surface area contributed by atoms with E-state index in [1.54, 1.807) is 0 Å². The van der Waals surface area contributed by atoms with Crippen LogP contribution in [0.4, 0.5) is 0 Å². The normalized spacial score (nSPS) is 9.60. The van der Waals surface area contributed by atoms with E-state index in [1.165, 1.54) is 0 Å². The van der Waals surface area contributed by atoms with E-state index in [2.05, 4.69) is 0 Å². The molecule has 0 unspecified atom stereocenters. The second kappa shape index (κ2) is 9.30. The Hall–Kier alpha value is 1.25. The van der Waals surface area contributed by atoms with Gasteiger partial charge in [0, 0.05) is 13.3 Å². The second-order valence-corrected chi connectivity index (χ2v) is 3.92. The maximum atomic E-state index is 10.6. The molecule has 1 amide bonds. The summed E-state index contributed by atoms with van der Waals surface area (Å²) in [6, 6.07) is 0. The fourth-order valence-electron chi connectivity index (χ4n) is 0.505. The molecule has 7 nitrogen and oxygen atoms in total. The maximum absolute atomic E-state index is 10.6. The van der Waals surface area contributed by atoms with Crippen molar-refractivity contribution in [2.75, 3.05) is 6.54 Å². The van der Waals surface area contributed by atoms with Crippen molar-refractivity contribution in [3.05, 3.63) is 0 Å². The van der Waals surface area contributed by atoms with Crippen LogP contribution in [-0.2, 0) is 14.2 Å². The van der Waals surface area contributed by atoms with Crippen LogP contribution < -0.4 is 59.1 Å². The van der Waals surface area contributed by atoms with Gasteiger partial charge in [-0.1, -0.05) is 0 Å². The number of rotatable bonds is 4. The van der Waals surface area contributed by atoms with Crippen molar-refractivity contribution >= 4 is 19.0 Å². The van der Waals surface area contributed by atoms with E-state index in [-0.39, 0.29) is 67.0 Å². The van der Waals surface area contributed by atoms with Crippen LogP contribution in [0.5, 0.6) is 0 Å². The minimum absolute atomic E-state index is 0. The van der Waals surface area contributed by atoms with E-state index in [0.717, 1.165) is 6.92 Å². The molecule has 0 aliphatic heterocycles. The molecule has 80 valence electrons. The predicted octanol–water partition coefficient (Wildman–Crippen LogP) is -6.45. The van der Waals surface area contributed by atoms with Crippen molar-refractivity contribution in [3.8, 4) is 0 Å². The molecule has 10 heteroatoms. The molecule has 0 saturated heterocycles. The molecule has 0 rings (SSSR count). The smallest absolute Gasteiger partial charge is 1.00 e. The molecule has 15 heavy (non-hydrogen) atoms. The Morgan fingerprint density at radius 2 is 1.73 bits per heavy atom. The molecule has 0 aromatic heterocycles. The van der Waals surface area contributed by atoms with Crippen LogP contribution in [0, 0.1) is 0 Å². The summed E-state index contributed by atoms with van der Waals surface area (Å²) in [5.74, 6) is -0.696. The van der Waals surface area contributed by atoms with E-state index in [1.807, 2.05) is 0 Å². The summed E-state index contributed by atoms with van der Waals surface area (Å²) in [4.78, 5) is 37.6. The van der Waals surface area contributed by atoms with Crippen LogP contribution in [0.25, 0.3) is 0 Å². The molecule has 0 bridgehead atoms. The van der Waals surface area contributed by atoms with Gasteiger partial charge in [0.1, 0.15) is 0 Å². The number of hydrogen-bond donors (Lipinski definition) is 3. The fourth-order valence-corrected chi connectivity index (χ4v) is 0.896. The number of amides is 1. The van der Waals surface area contributed by atoms with Crippen molar-refractivity contribution in [3.63, 3.8) is 0 Å². The van der Waals surface area contributed by atoms with Gasteiger partial charge < -0.3 is 12.6 Å². The second-order valence-electron chi connectivity index (χ2n) is 2.33. The fraction of sp³-hybridized carbons (Fsp3) is 0.600. The molecule has 0 radical (unpaired) electrons. The van der Waals surface area contributed by atoms with Crippen molar-refractivity contribution < 1.29 is 91.1 Å². The Morgan fingerprint density at radius 1 is 1.33 bits per heavy atom. The van der Waals surface area contributed by atoms with Crippen LogP contribution in [0.2, 0.25) is 0 Å². The molecular weight excluding hydrogens is 247 g/mol. The molecule has 0 aliphatic rings. The van der Waals surface area contributed by atoms with Crippen molar-refractivity contribution in [2.24, 2.45) is 0 Å². The SMILES string of the molecule is CC(=O)N(O)CCC(=O)P(=O)(O)O.[H-].[H-].[Na+].[Na+]. The van der Waals surface area contributed by atoms with E-state index < -0.39 is 32.0 Å². The first-order valence-electron chi connectivity index (χ1n) is 3.31. The molecule has 0 aliphatic carbocycles. The summed E-state index contributed by atoms with van der Waals surface area (Å²) in [6.07, 6.45) is -0.569. The third kappa shape index (κ3) is 10.1. The zero-order valence-corrected chi connectivity index (χ0v) is 13.8. The number of nitrogens with zero attached hydrogens (tertiary/aromatic N) is 1. The third-order valence-corrected chi connectivity index (χ3v) is 2.10. The summed E-state index contributed by atoms with van der Waals surface area (Å²) in [6.45, 7) is 0.640. The number of carbonyl (C=O) groups is 2. The monoisotopic (exact) mass is 259 g/mol. The molecule has 0 atom stereocenters. The van der Waals surface area contributed by atoms with Gasteiger partial charge in [0.2, 0.25) is 11.4 Å². The Kier molecular flexibility index (Phi) is 13.3. The standard InChI is InChI=1S/C5H10NO6P.2Na.2H/c1-4(7)6(9)3-2-5(8)13(10,11)12;;;;/h9H,2-3H2,1H3,(H2,10,11,12);;;;/q;2*+1;2*-1. The summed E-state index contributed by atoms with van der Waals surface area (Å²) in [7, 11) is -4.73. The molecule has 0 heterocycles. The topological polar surface area (TPSA) is 115 Å². The van der Waals surface area contributed by atoms with Gasteiger partial charge in [0.05, 0.1) is 6.54 Å². The minimum Gasteiger partial charge on any atom is -1.00 e. The van der Waals surface area contributed by atoms with Gasteiger partial charge in [-0.05, 0) is 0 Å². The van der Waals surface area contributed by atoms with Gasteiger partial charge in [0.15, 0.2) is 0 Å². The van der Waals surface area contributed by atoms with Gasteiger partial charge in [-0.15, -0.1) is 0 Å². The Balaban J connectivity index is -0.000000120. The molecule has 3 N–H and O–H groups in total. The summed E-state index contributed by atoms with van der Waals surface area (Å²) in [5.41, 5.74) is -1.30. The first-order valence-corrected chi connectivity index (χ1v) is 4.92. The molecule has 0 fully saturated rings. The van der Waals surface area contributed by atoms with E-state index in [0.29, 0.717) is 0 Å². The van der Waals surface area contributed by atoms with Crippen LogP contribution in [0.1, 0.15) is 16.2 Å². The molecule has 0 spiro atoms. The Morgan fingerprint density at radius 3 is 2.00 bits per heavy atom. The van der Waals surface area contributed by atoms with Crippen LogP contribution in [-0.4, -0.2) is 38.0 Å². The minimum atomic E-state index is -4.73. The zero-order chi connectivity index (χ0) is 10.6. The van der Waals surface area contributed by atoms with Crippen LogP contribution >= 0.6 is 7.60 Å². The van der Waals surface area contributed by atoms with E-state index in [4.69, 9.17) is 15.0 Å². The molecule has 0 saturated carbocycles. The van der Waals surface area contributed by atoms with E-state index in [9.17, 15) is 14.2 Å². The van der Waals surface area contributed by atoms with Crippen molar-refractivity contribution in [1.29, 1.82) is 0 Å². The zero-order valence-electron chi connectivity index (χ0n) is 10.9. The summed E-state index contributed by atoms with van der Waals surface area (Å²) in [5, 5.41) is 8.94. The predicted molar refractivity (Wildman–Crippen MR) is 43.1 cm³/mol. The third-order valence-electron chi connectivity index (χ3n) is 1.23. The van der Waals surface area contributed by atoms with Crippen molar-refractivity contribution in [2.45, 2.75) is 13.3 Å². The van der Waals surface area contributed by atoms with Gasteiger partial charge >= 0.3 is 66.7 Å². The van der Waals surface area contributed by atoms with E-state index >= 15 is 0 Å². The average Bonchev–Trinajstić information content (AvgIpc) is 1.97. The van der Waals surface area contributed by atoms with Gasteiger partial charge in [-0.2, -0.15) is 0 Å². The van der Waals surface area contributed by atoms with Gasteiger partial charge in [-0.25, -0.2) is 5.06 Å². The average molecular weight is 259 g/mol. The number of carbonyl (C=O) groups excluding carboxylic acids is 2. The number of hydrogen-bond acceptors (Lipinski definition) is 4. The Labute approximate surface area is 134 Å².